The van der Waals surface area contributed by atoms with Crippen LogP contribution in [0, 0.1) is 22.0 Å². The second kappa shape index (κ2) is 10.9. The Kier molecular flexibility index (Phi) is 8.75. The van der Waals surface area contributed by atoms with E-state index in [-0.39, 0.29) is 29.0 Å². The van der Waals surface area contributed by atoms with Crippen LogP contribution in [0.2, 0.25) is 5.02 Å². The molecule has 0 aliphatic carbocycles. The Morgan fingerprint density at radius 2 is 1.76 bits per heavy atom. The summed E-state index contributed by atoms with van der Waals surface area (Å²) in [7, 11) is 1.17. The molecule has 1 heterocycles. The lowest BCUT2D eigenvalue weighted by Gasteiger charge is -2.41. The number of hydrogen-bond acceptors (Lipinski definition) is 8. The first-order valence-electron chi connectivity index (χ1n) is 10.7. The van der Waals surface area contributed by atoms with Gasteiger partial charge in [0.2, 0.25) is 0 Å². The highest BCUT2D eigenvalue weighted by Crippen LogP contribution is 2.35. The third kappa shape index (κ3) is 7.23. The number of carbonyl (C=O) groups excluding carboxylic acids is 2. The number of carbonyl (C=O) groups is 2. The second-order valence-electron chi connectivity index (χ2n) is 9.16. The van der Waals surface area contributed by atoms with E-state index in [2.05, 4.69) is 21.5 Å². The number of piperazine rings is 1. The average molecular weight is 496 g/mol. The Bertz CT molecular complexity index is 1000. The molecule has 186 valence electrons. The summed E-state index contributed by atoms with van der Waals surface area (Å²) in [5.74, 6) is 5.26. The number of methoxy groups -OCH3 is 1. The number of esters is 1. The van der Waals surface area contributed by atoms with Crippen molar-refractivity contribution in [3.63, 3.8) is 0 Å². The zero-order chi connectivity index (χ0) is 25.7. The highest BCUT2D eigenvalue weighted by atomic mass is 35.5. The van der Waals surface area contributed by atoms with E-state index in [4.69, 9.17) is 21.1 Å². The number of amides is 1. The summed E-state index contributed by atoms with van der Waals surface area (Å²) in [5.41, 5.74) is -1.56. The maximum atomic E-state index is 12.3. The molecule has 1 aliphatic rings. The first kappa shape index (κ1) is 27.2. The molecule has 34 heavy (non-hydrogen) atoms. The Balaban J connectivity index is 2.02. The molecule has 1 fully saturated rings. The Labute approximate surface area is 204 Å². The lowest BCUT2D eigenvalue weighted by atomic mass is 10.0. The van der Waals surface area contributed by atoms with E-state index < -0.39 is 27.7 Å². The molecule has 0 atom stereocenters. The van der Waals surface area contributed by atoms with E-state index in [1.165, 1.54) is 13.2 Å². The van der Waals surface area contributed by atoms with Crippen LogP contribution in [-0.4, -0.2) is 77.8 Å². The molecule has 1 aromatic carbocycles. The number of ether oxygens (including phenoxy) is 3. The number of hydrogen-bond donors (Lipinski definition) is 0. The molecule has 10 nitrogen and oxygen atoms in total. The lowest BCUT2D eigenvalue weighted by molar-refractivity contribution is -0.384. The van der Waals surface area contributed by atoms with Crippen molar-refractivity contribution in [2.24, 2.45) is 0 Å². The summed E-state index contributed by atoms with van der Waals surface area (Å²) in [5, 5.41) is 11.0. The molecule has 0 aromatic heterocycles. The second-order valence-corrected chi connectivity index (χ2v) is 9.54. The maximum absolute atomic E-state index is 12.3. The van der Waals surface area contributed by atoms with Crippen LogP contribution in [0.3, 0.4) is 0 Å². The van der Waals surface area contributed by atoms with Crippen LogP contribution in [0.5, 0.6) is 5.75 Å². The van der Waals surface area contributed by atoms with Crippen molar-refractivity contribution in [2.75, 3.05) is 39.9 Å². The summed E-state index contributed by atoms with van der Waals surface area (Å²) in [6.07, 6.45) is -0.329. The van der Waals surface area contributed by atoms with E-state index in [1.54, 1.807) is 4.90 Å². The Morgan fingerprint density at radius 1 is 1.15 bits per heavy atom. The minimum atomic E-state index is -0.748. The molecular weight excluding hydrogens is 466 g/mol. The van der Waals surface area contributed by atoms with Crippen LogP contribution in [0.1, 0.15) is 45.0 Å². The first-order valence-corrected chi connectivity index (χ1v) is 11.0. The van der Waals surface area contributed by atoms with Crippen LogP contribution in [-0.2, 0) is 9.47 Å². The Hall–Kier alpha value is -3.03. The summed E-state index contributed by atoms with van der Waals surface area (Å²) in [6.45, 7) is 11.6. The number of nitrogens with zero attached hydrogens (tertiary/aromatic N) is 3. The molecule has 0 unspecified atom stereocenters. The van der Waals surface area contributed by atoms with Gasteiger partial charge < -0.3 is 19.1 Å². The molecule has 2 rings (SSSR count). The van der Waals surface area contributed by atoms with Gasteiger partial charge in [0.15, 0.2) is 5.02 Å². The van der Waals surface area contributed by atoms with Gasteiger partial charge in [-0.2, -0.15) is 0 Å². The quantitative estimate of drug-likeness (QED) is 0.263. The van der Waals surface area contributed by atoms with Gasteiger partial charge in [0.25, 0.3) is 5.69 Å². The molecule has 1 amide bonds. The zero-order valence-corrected chi connectivity index (χ0v) is 21.0. The van der Waals surface area contributed by atoms with E-state index >= 15 is 0 Å². The molecule has 0 spiro atoms. The van der Waals surface area contributed by atoms with Crippen molar-refractivity contribution in [1.82, 2.24) is 9.80 Å². The highest BCUT2D eigenvalue weighted by molar-refractivity contribution is 6.34. The number of nitro benzene ring substituents is 1. The van der Waals surface area contributed by atoms with Gasteiger partial charge in [-0.15, -0.1) is 0 Å². The number of nitro groups is 1. The van der Waals surface area contributed by atoms with Gasteiger partial charge in [0, 0.05) is 32.2 Å². The van der Waals surface area contributed by atoms with Crippen molar-refractivity contribution in [3.8, 4) is 17.6 Å². The van der Waals surface area contributed by atoms with Gasteiger partial charge in [0.05, 0.1) is 23.1 Å². The SMILES string of the molecule is COC(=O)c1cc(OCC#CC(C)(C)N2CCN(C(=O)OC(C)(C)C)CC2)c(Cl)c([N+](=O)[O-])c1. The third-order valence-corrected chi connectivity index (χ3v) is 5.43. The number of benzene rings is 1. The van der Waals surface area contributed by atoms with Crippen molar-refractivity contribution >= 4 is 29.4 Å². The van der Waals surface area contributed by atoms with Crippen LogP contribution >= 0.6 is 11.6 Å². The monoisotopic (exact) mass is 495 g/mol. The predicted molar refractivity (Wildman–Crippen MR) is 126 cm³/mol. The normalized spacial score (nSPS) is 14.6. The van der Waals surface area contributed by atoms with Gasteiger partial charge >= 0.3 is 12.1 Å². The van der Waals surface area contributed by atoms with Crippen LogP contribution in [0.25, 0.3) is 0 Å². The summed E-state index contributed by atoms with van der Waals surface area (Å²) in [4.78, 5) is 38.4. The van der Waals surface area contributed by atoms with E-state index in [0.717, 1.165) is 6.07 Å². The van der Waals surface area contributed by atoms with Gasteiger partial charge in [-0.3, -0.25) is 15.0 Å². The van der Waals surface area contributed by atoms with E-state index in [9.17, 15) is 19.7 Å². The molecule has 11 heteroatoms. The molecule has 0 radical (unpaired) electrons. The standard InChI is InChI=1S/C23H30ClN3O7/c1-22(2,3)34-21(29)25-9-11-26(12-10-25)23(4,5)8-7-13-33-18-15-16(20(28)32-6)14-17(19(18)24)27(30)31/h14-15H,9-13H2,1-6H3. The summed E-state index contributed by atoms with van der Waals surface area (Å²) in [6, 6.07) is 2.32. The van der Waals surface area contributed by atoms with Crippen LogP contribution in [0.4, 0.5) is 10.5 Å². The Morgan fingerprint density at radius 3 is 2.29 bits per heavy atom. The van der Waals surface area contributed by atoms with Crippen LogP contribution in [0.15, 0.2) is 12.1 Å². The number of halogens is 1. The van der Waals surface area contributed by atoms with Gasteiger partial charge in [-0.1, -0.05) is 23.4 Å². The van der Waals surface area contributed by atoms with Crippen LogP contribution < -0.4 is 4.74 Å². The molecular formula is C23H30ClN3O7. The largest absolute Gasteiger partial charge is 0.479 e. The van der Waals surface area contributed by atoms with Crippen molar-refractivity contribution in [2.45, 2.75) is 45.8 Å². The molecule has 0 bridgehead atoms. The molecule has 1 aliphatic heterocycles. The molecule has 1 saturated heterocycles. The minimum absolute atomic E-state index is 0.0330. The van der Waals surface area contributed by atoms with Crippen molar-refractivity contribution in [3.05, 3.63) is 32.8 Å². The highest BCUT2D eigenvalue weighted by Gasteiger charge is 2.31. The first-order chi connectivity index (χ1) is 15.7. The van der Waals surface area contributed by atoms with Crippen molar-refractivity contribution in [1.29, 1.82) is 0 Å². The van der Waals surface area contributed by atoms with Gasteiger partial charge in [0.1, 0.15) is 18.0 Å². The zero-order valence-electron chi connectivity index (χ0n) is 20.3. The average Bonchev–Trinajstić information content (AvgIpc) is 2.75. The smallest absolute Gasteiger partial charge is 0.410 e. The number of rotatable bonds is 5. The van der Waals surface area contributed by atoms with E-state index in [1.807, 2.05) is 34.6 Å². The van der Waals surface area contributed by atoms with Gasteiger partial charge in [-0.25, -0.2) is 9.59 Å². The molecule has 1 aromatic rings. The fourth-order valence-corrected chi connectivity index (χ4v) is 3.51. The summed E-state index contributed by atoms with van der Waals surface area (Å²) >= 11 is 6.08. The van der Waals surface area contributed by atoms with E-state index in [0.29, 0.717) is 26.2 Å². The minimum Gasteiger partial charge on any atom is -0.479 e. The van der Waals surface area contributed by atoms with Gasteiger partial charge in [-0.05, 0) is 40.7 Å². The topological polar surface area (TPSA) is 111 Å². The summed E-state index contributed by atoms with van der Waals surface area (Å²) < 4.78 is 15.6. The lowest BCUT2D eigenvalue weighted by Crippen LogP contribution is -2.55. The predicted octanol–water partition coefficient (Wildman–Crippen LogP) is 3.75. The fraction of sp³-hybridized carbons (Fsp3) is 0.565. The molecule has 0 saturated carbocycles. The molecule has 0 N–H and O–H groups in total. The van der Waals surface area contributed by atoms with Crippen molar-refractivity contribution < 1.29 is 28.7 Å². The third-order valence-electron chi connectivity index (χ3n) is 5.05. The maximum Gasteiger partial charge on any atom is 0.410 e. The fourth-order valence-electron chi connectivity index (χ4n) is 3.28.